The van der Waals surface area contributed by atoms with E-state index in [1.165, 1.54) is 44.9 Å². The number of hydrogen-bond acceptors (Lipinski definition) is 5. The SMILES string of the molecule is CCC(C)C(=O)OC1CC[C@@]2(C)C(CCC3C4CCC(C(C)CCC(=O)NS(=O)(=O)CC)[C@@]4(C)CCC32)C1. The Balaban J connectivity index is 1.37. The molecule has 1 N–H and O–H groups in total. The van der Waals surface area contributed by atoms with E-state index in [1.54, 1.807) is 6.92 Å². The molecule has 6 nitrogen and oxygen atoms in total. The summed E-state index contributed by atoms with van der Waals surface area (Å²) in [6.45, 7) is 12.9. The molecule has 0 spiro atoms. The van der Waals surface area contributed by atoms with Crippen molar-refractivity contribution in [3.8, 4) is 0 Å². The maximum absolute atomic E-state index is 12.4. The summed E-state index contributed by atoms with van der Waals surface area (Å²) in [5.74, 6) is 3.53. The highest BCUT2D eigenvalue weighted by Gasteiger charge is 2.60. The lowest BCUT2D eigenvalue weighted by Crippen LogP contribution is -2.54. The quantitative estimate of drug-likeness (QED) is 0.331. The summed E-state index contributed by atoms with van der Waals surface area (Å²) in [6, 6.07) is 0. The molecule has 38 heavy (non-hydrogen) atoms. The molecule has 4 saturated carbocycles. The summed E-state index contributed by atoms with van der Waals surface area (Å²) in [4.78, 5) is 24.7. The van der Waals surface area contributed by atoms with Crippen molar-refractivity contribution in [1.29, 1.82) is 0 Å². The highest BCUT2D eigenvalue weighted by molar-refractivity contribution is 7.90. The van der Waals surface area contributed by atoms with Gasteiger partial charge in [-0.05, 0) is 124 Å². The third kappa shape index (κ3) is 5.69. The van der Waals surface area contributed by atoms with Crippen LogP contribution >= 0.6 is 0 Å². The largest absolute Gasteiger partial charge is 0.462 e. The molecule has 0 bridgehead atoms. The highest BCUT2D eigenvalue weighted by atomic mass is 32.2. The van der Waals surface area contributed by atoms with Gasteiger partial charge in [-0.25, -0.2) is 8.42 Å². The minimum absolute atomic E-state index is 0.00784. The van der Waals surface area contributed by atoms with Crippen LogP contribution in [-0.2, 0) is 24.3 Å². The Labute approximate surface area is 231 Å². The number of carbonyl (C=O) groups excluding carboxylic acids is 2. The first-order chi connectivity index (χ1) is 17.8. The number of carbonyl (C=O) groups is 2. The van der Waals surface area contributed by atoms with Gasteiger partial charge in [0.15, 0.2) is 0 Å². The number of fused-ring (bicyclic) bond motifs is 5. The van der Waals surface area contributed by atoms with E-state index < -0.39 is 10.0 Å². The van der Waals surface area contributed by atoms with E-state index in [0.717, 1.165) is 43.4 Å². The minimum Gasteiger partial charge on any atom is -0.462 e. The summed E-state index contributed by atoms with van der Waals surface area (Å²) in [6.07, 6.45) is 12.8. The van der Waals surface area contributed by atoms with Crippen molar-refractivity contribution >= 4 is 21.9 Å². The van der Waals surface area contributed by atoms with Crippen molar-refractivity contribution in [2.45, 2.75) is 125 Å². The molecule has 4 aliphatic rings. The maximum atomic E-state index is 12.4. The second-order valence-electron chi connectivity index (χ2n) is 14.0. The van der Waals surface area contributed by atoms with Crippen LogP contribution in [0.15, 0.2) is 0 Å². The van der Waals surface area contributed by atoms with E-state index in [0.29, 0.717) is 28.6 Å². The zero-order valence-electron chi connectivity index (χ0n) is 24.8. The Hall–Kier alpha value is -1.11. The average molecular weight is 552 g/mol. The first-order valence-electron chi connectivity index (χ1n) is 15.6. The van der Waals surface area contributed by atoms with Gasteiger partial charge >= 0.3 is 5.97 Å². The topological polar surface area (TPSA) is 89.5 Å². The smallest absolute Gasteiger partial charge is 0.308 e. The van der Waals surface area contributed by atoms with E-state index in [9.17, 15) is 18.0 Å². The van der Waals surface area contributed by atoms with Crippen molar-refractivity contribution in [3.05, 3.63) is 0 Å². The summed E-state index contributed by atoms with van der Waals surface area (Å²) in [5, 5.41) is 0. The molecule has 8 unspecified atom stereocenters. The molecular weight excluding hydrogens is 498 g/mol. The van der Waals surface area contributed by atoms with Gasteiger partial charge in [0.25, 0.3) is 0 Å². The maximum Gasteiger partial charge on any atom is 0.308 e. The van der Waals surface area contributed by atoms with Crippen LogP contribution in [0.5, 0.6) is 0 Å². The van der Waals surface area contributed by atoms with Crippen LogP contribution in [0.1, 0.15) is 119 Å². The number of nitrogens with one attached hydrogen (secondary N) is 1. The molecule has 7 heteroatoms. The van der Waals surface area contributed by atoms with Crippen molar-refractivity contribution in [1.82, 2.24) is 4.72 Å². The predicted octanol–water partition coefficient (Wildman–Crippen LogP) is 6.49. The van der Waals surface area contributed by atoms with Crippen LogP contribution in [-0.4, -0.2) is 32.2 Å². The van der Waals surface area contributed by atoms with Crippen LogP contribution in [0.25, 0.3) is 0 Å². The lowest BCUT2D eigenvalue weighted by Gasteiger charge is -2.61. The van der Waals surface area contributed by atoms with Gasteiger partial charge in [-0.3, -0.25) is 14.3 Å². The Morgan fingerprint density at radius 1 is 0.947 bits per heavy atom. The molecular formula is C31H53NO5S. The molecule has 4 rings (SSSR count). The number of esters is 1. The second-order valence-corrected chi connectivity index (χ2v) is 16.0. The predicted molar refractivity (Wildman–Crippen MR) is 151 cm³/mol. The molecule has 4 fully saturated rings. The summed E-state index contributed by atoms with van der Waals surface area (Å²) >= 11 is 0. The number of hydrogen-bond donors (Lipinski definition) is 1. The first kappa shape index (κ1) is 29.9. The van der Waals surface area contributed by atoms with Gasteiger partial charge in [0, 0.05) is 6.42 Å². The Kier molecular flexibility index (Phi) is 8.96. The van der Waals surface area contributed by atoms with Gasteiger partial charge in [-0.1, -0.05) is 34.6 Å². The molecule has 10 atom stereocenters. The average Bonchev–Trinajstić information content (AvgIpc) is 3.24. The molecule has 0 aromatic rings. The van der Waals surface area contributed by atoms with E-state index in [1.807, 2.05) is 13.8 Å². The molecule has 0 radical (unpaired) electrons. The number of sulfonamides is 1. The van der Waals surface area contributed by atoms with Gasteiger partial charge in [0.2, 0.25) is 15.9 Å². The zero-order valence-corrected chi connectivity index (χ0v) is 25.6. The van der Waals surface area contributed by atoms with Crippen LogP contribution in [0.3, 0.4) is 0 Å². The Bertz CT molecular complexity index is 981. The second kappa shape index (κ2) is 11.4. The summed E-state index contributed by atoms with van der Waals surface area (Å²) < 4.78 is 31.7. The number of ether oxygens (including phenoxy) is 1. The number of amides is 1. The molecule has 1 amide bonds. The third-order valence-corrected chi connectivity index (χ3v) is 13.5. The Morgan fingerprint density at radius 2 is 1.63 bits per heavy atom. The van der Waals surface area contributed by atoms with Crippen LogP contribution in [0.4, 0.5) is 0 Å². The van der Waals surface area contributed by atoms with Gasteiger partial charge < -0.3 is 4.74 Å². The zero-order chi connectivity index (χ0) is 27.9. The minimum atomic E-state index is -3.48. The van der Waals surface area contributed by atoms with Crippen molar-refractivity contribution in [2.75, 3.05) is 5.75 Å². The van der Waals surface area contributed by atoms with Gasteiger partial charge in [0.05, 0.1) is 11.7 Å². The lowest BCUT2D eigenvalue weighted by molar-refractivity contribution is -0.166. The van der Waals surface area contributed by atoms with Gasteiger partial charge in [0.1, 0.15) is 6.10 Å². The normalized spacial score (nSPS) is 40.3. The fourth-order valence-electron chi connectivity index (χ4n) is 9.60. The standard InChI is InChI=1S/C31H53NO5S/c1-7-20(3)29(34)37-23-15-17-30(5)22(19-23)10-11-24-26-13-12-25(31(26,6)18-16-27(24)30)21(4)9-14-28(33)32-38(35,36)8-2/h20-27H,7-19H2,1-6H3,(H,32,33)/t20?,21?,22?,23?,24?,25?,26?,27?,30-,31+/m0/s1. The Morgan fingerprint density at radius 3 is 2.32 bits per heavy atom. The fourth-order valence-corrected chi connectivity index (χ4v) is 10.2. The van der Waals surface area contributed by atoms with Crippen molar-refractivity contribution in [2.24, 2.45) is 52.3 Å². The van der Waals surface area contributed by atoms with E-state index in [2.05, 4.69) is 25.5 Å². The van der Waals surface area contributed by atoms with Gasteiger partial charge in [-0.2, -0.15) is 0 Å². The third-order valence-electron chi connectivity index (χ3n) is 12.2. The summed E-state index contributed by atoms with van der Waals surface area (Å²) in [5.41, 5.74) is 0.675. The monoisotopic (exact) mass is 551 g/mol. The summed E-state index contributed by atoms with van der Waals surface area (Å²) in [7, 11) is -3.48. The van der Waals surface area contributed by atoms with Gasteiger partial charge in [-0.15, -0.1) is 0 Å². The van der Waals surface area contributed by atoms with Crippen molar-refractivity contribution < 1.29 is 22.7 Å². The van der Waals surface area contributed by atoms with Crippen LogP contribution in [0.2, 0.25) is 0 Å². The first-order valence-corrected chi connectivity index (χ1v) is 17.2. The molecule has 218 valence electrons. The molecule has 0 saturated heterocycles. The number of rotatable bonds is 9. The van der Waals surface area contributed by atoms with Crippen LogP contribution in [0, 0.1) is 52.3 Å². The molecule has 0 aromatic carbocycles. The molecule has 0 heterocycles. The van der Waals surface area contributed by atoms with E-state index in [4.69, 9.17) is 4.74 Å². The fraction of sp³-hybridized carbons (Fsp3) is 0.935. The highest BCUT2D eigenvalue weighted by Crippen LogP contribution is 2.68. The van der Waals surface area contributed by atoms with E-state index in [-0.39, 0.29) is 36.1 Å². The lowest BCUT2D eigenvalue weighted by atomic mass is 9.44. The molecule has 0 aliphatic heterocycles. The molecule has 0 aromatic heterocycles. The van der Waals surface area contributed by atoms with Crippen molar-refractivity contribution in [3.63, 3.8) is 0 Å². The molecule has 4 aliphatic carbocycles. The van der Waals surface area contributed by atoms with Crippen LogP contribution < -0.4 is 4.72 Å². The van der Waals surface area contributed by atoms with E-state index >= 15 is 0 Å².